The summed E-state index contributed by atoms with van der Waals surface area (Å²) in [6, 6.07) is 7.44. The van der Waals surface area contributed by atoms with Gasteiger partial charge in [0.05, 0.1) is 42.8 Å². The molecular weight excluding hydrogens is 421 g/mol. The standard InChI is InChI=1S/C24H24FN7O/c1-15(2)19-12-29-32-7-5-16(9-21(19)32)24-20(25)13-28-22(30-24)10-17-3-4-18(11-27-17)31-8-6-26-14-23(31)33/h3-5,7,9,11-13,15,26H,6,8,10,14H2,1-2H3. The Labute approximate surface area is 190 Å². The van der Waals surface area contributed by atoms with E-state index in [1.54, 1.807) is 21.7 Å². The zero-order chi connectivity index (χ0) is 22.9. The van der Waals surface area contributed by atoms with E-state index in [-0.39, 0.29) is 11.6 Å². The lowest BCUT2D eigenvalue weighted by molar-refractivity contribution is -0.118. The van der Waals surface area contributed by atoms with Gasteiger partial charge in [-0.3, -0.25) is 9.78 Å². The number of amides is 1. The SMILES string of the molecule is CC(C)c1cnn2ccc(-c3nc(Cc4ccc(N5CCNCC5=O)cn4)ncc3F)cc12. The lowest BCUT2D eigenvalue weighted by atomic mass is 10.0. The molecule has 1 N–H and O–H groups in total. The normalized spacial score (nSPS) is 14.4. The van der Waals surface area contributed by atoms with Crippen molar-refractivity contribution in [3.63, 3.8) is 0 Å². The Hall–Kier alpha value is -3.72. The Bertz CT molecular complexity index is 1320. The van der Waals surface area contributed by atoms with Crippen LogP contribution in [0, 0.1) is 5.82 Å². The van der Waals surface area contributed by atoms with E-state index >= 15 is 0 Å². The average Bonchev–Trinajstić information content (AvgIpc) is 3.25. The van der Waals surface area contributed by atoms with E-state index in [9.17, 15) is 9.18 Å². The van der Waals surface area contributed by atoms with Crippen molar-refractivity contribution in [2.45, 2.75) is 26.2 Å². The van der Waals surface area contributed by atoms with Crippen LogP contribution >= 0.6 is 0 Å². The number of piperazine rings is 1. The predicted molar refractivity (Wildman–Crippen MR) is 123 cm³/mol. The molecule has 0 spiro atoms. The van der Waals surface area contributed by atoms with E-state index in [0.717, 1.165) is 29.0 Å². The van der Waals surface area contributed by atoms with Crippen LogP contribution < -0.4 is 10.2 Å². The van der Waals surface area contributed by atoms with Crippen LogP contribution in [-0.2, 0) is 11.2 Å². The van der Waals surface area contributed by atoms with Crippen molar-refractivity contribution in [2.75, 3.05) is 24.5 Å². The molecular formula is C24H24FN7O. The number of carbonyl (C=O) groups is 1. The van der Waals surface area contributed by atoms with Gasteiger partial charge in [-0.1, -0.05) is 13.8 Å². The molecule has 4 aromatic rings. The first-order valence-electron chi connectivity index (χ1n) is 10.9. The Morgan fingerprint density at radius 2 is 2.03 bits per heavy atom. The fourth-order valence-electron chi connectivity index (χ4n) is 4.01. The summed E-state index contributed by atoms with van der Waals surface area (Å²) in [7, 11) is 0. The van der Waals surface area contributed by atoms with Crippen LogP contribution in [0.25, 0.3) is 16.8 Å². The van der Waals surface area contributed by atoms with Crippen LogP contribution in [0.15, 0.2) is 49.1 Å². The van der Waals surface area contributed by atoms with Gasteiger partial charge in [0.25, 0.3) is 0 Å². The molecule has 0 bridgehead atoms. The van der Waals surface area contributed by atoms with E-state index in [0.29, 0.717) is 36.8 Å². The molecule has 0 aromatic carbocycles. The molecule has 5 rings (SSSR count). The van der Waals surface area contributed by atoms with Gasteiger partial charge in [0, 0.05) is 36.1 Å². The minimum Gasteiger partial charge on any atom is -0.309 e. The summed E-state index contributed by atoms with van der Waals surface area (Å²) in [6.45, 7) is 5.90. The number of aromatic nitrogens is 5. The number of hydrogen-bond donors (Lipinski definition) is 1. The number of nitrogens with one attached hydrogen (secondary N) is 1. The number of carbonyl (C=O) groups excluding carboxylic acids is 1. The van der Waals surface area contributed by atoms with Crippen LogP contribution in [0.1, 0.15) is 36.8 Å². The molecule has 0 aliphatic carbocycles. The molecule has 9 heteroatoms. The van der Waals surface area contributed by atoms with Gasteiger partial charge < -0.3 is 10.2 Å². The maximum atomic E-state index is 14.7. The van der Waals surface area contributed by atoms with Gasteiger partial charge in [-0.15, -0.1) is 0 Å². The minimum atomic E-state index is -0.478. The van der Waals surface area contributed by atoms with Crippen LogP contribution in [0.3, 0.4) is 0 Å². The molecule has 33 heavy (non-hydrogen) atoms. The third-order valence-electron chi connectivity index (χ3n) is 5.79. The second-order valence-electron chi connectivity index (χ2n) is 8.39. The van der Waals surface area contributed by atoms with Crippen molar-refractivity contribution in [3.05, 3.63) is 72.0 Å². The van der Waals surface area contributed by atoms with Gasteiger partial charge in [0.2, 0.25) is 5.91 Å². The molecule has 1 amide bonds. The van der Waals surface area contributed by atoms with Crippen molar-refractivity contribution >= 4 is 17.1 Å². The molecule has 0 unspecified atom stereocenters. The summed E-state index contributed by atoms with van der Waals surface area (Å²) >= 11 is 0. The van der Waals surface area contributed by atoms with Gasteiger partial charge in [-0.2, -0.15) is 5.10 Å². The number of anilines is 1. The second kappa shape index (κ2) is 8.67. The highest BCUT2D eigenvalue weighted by molar-refractivity contribution is 5.95. The predicted octanol–water partition coefficient (Wildman–Crippen LogP) is 2.98. The molecule has 4 aromatic heterocycles. The zero-order valence-electron chi connectivity index (χ0n) is 18.5. The van der Waals surface area contributed by atoms with Crippen LogP contribution in [0.4, 0.5) is 10.1 Å². The van der Waals surface area contributed by atoms with Crippen molar-refractivity contribution in [1.82, 2.24) is 29.9 Å². The maximum absolute atomic E-state index is 14.7. The van der Waals surface area contributed by atoms with Crippen LogP contribution in [-0.4, -0.2) is 50.1 Å². The molecule has 0 saturated carbocycles. The maximum Gasteiger partial charge on any atom is 0.241 e. The molecule has 0 radical (unpaired) electrons. The molecule has 1 aliphatic rings. The van der Waals surface area contributed by atoms with E-state index < -0.39 is 5.82 Å². The first-order chi connectivity index (χ1) is 16.0. The number of fused-ring (bicyclic) bond motifs is 1. The van der Waals surface area contributed by atoms with Gasteiger partial charge in [-0.25, -0.2) is 18.9 Å². The Morgan fingerprint density at radius 1 is 1.15 bits per heavy atom. The number of hydrogen-bond acceptors (Lipinski definition) is 6. The number of halogens is 1. The lowest BCUT2D eigenvalue weighted by Gasteiger charge is -2.27. The highest BCUT2D eigenvalue weighted by Crippen LogP contribution is 2.26. The van der Waals surface area contributed by atoms with Crippen molar-refractivity contribution < 1.29 is 9.18 Å². The first-order valence-corrected chi connectivity index (χ1v) is 10.9. The third kappa shape index (κ3) is 4.19. The number of nitrogens with zero attached hydrogens (tertiary/aromatic N) is 6. The molecule has 8 nitrogen and oxygen atoms in total. The Kier molecular flexibility index (Phi) is 5.55. The summed E-state index contributed by atoms with van der Waals surface area (Å²) in [5, 5.41) is 7.42. The molecule has 1 fully saturated rings. The summed E-state index contributed by atoms with van der Waals surface area (Å²) in [6.07, 6.45) is 6.90. The van der Waals surface area contributed by atoms with Gasteiger partial charge in [0.15, 0.2) is 5.82 Å². The van der Waals surface area contributed by atoms with Crippen molar-refractivity contribution in [1.29, 1.82) is 0 Å². The smallest absolute Gasteiger partial charge is 0.241 e. The quantitative estimate of drug-likeness (QED) is 0.508. The summed E-state index contributed by atoms with van der Waals surface area (Å²) < 4.78 is 16.5. The first kappa shape index (κ1) is 21.1. The topological polar surface area (TPSA) is 88.3 Å². The Morgan fingerprint density at radius 3 is 2.79 bits per heavy atom. The monoisotopic (exact) mass is 445 g/mol. The van der Waals surface area contributed by atoms with Crippen molar-refractivity contribution in [2.24, 2.45) is 0 Å². The summed E-state index contributed by atoms with van der Waals surface area (Å²) in [5.74, 6) is 0.323. The van der Waals surface area contributed by atoms with Gasteiger partial charge >= 0.3 is 0 Å². The van der Waals surface area contributed by atoms with Crippen LogP contribution in [0.2, 0.25) is 0 Å². The van der Waals surface area contributed by atoms with Crippen LogP contribution in [0.5, 0.6) is 0 Å². The summed E-state index contributed by atoms with van der Waals surface area (Å²) in [5.41, 5.74) is 4.46. The average molecular weight is 446 g/mol. The van der Waals surface area contributed by atoms with E-state index in [1.807, 2.05) is 30.6 Å². The van der Waals surface area contributed by atoms with Gasteiger partial charge in [-0.05, 0) is 30.2 Å². The highest BCUT2D eigenvalue weighted by Gasteiger charge is 2.19. The number of pyridine rings is 2. The Balaban J connectivity index is 1.41. The minimum absolute atomic E-state index is 0.0260. The fourth-order valence-corrected chi connectivity index (χ4v) is 4.01. The number of rotatable bonds is 5. The molecule has 168 valence electrons. The van der Waals surface area contributed by atoms with E-state index in [2.05, 4.69) is 39.2 Å². The molecule has 0 atom stereocenters. The fraction of sp³-hybridized carbons (Fsp3) is 0.292. The zero-order valence-corrected chi connectivity index (χ0v) is 18.5. The van der Waals surface area contributed by atoms with E-state index in [4.69, 9.17) is 0 Å². The lowest BCUT2D eigenvalue weighted by Crippen LogP contribution is -2.48. The summed E-state index contributed by atoms with van der Waals surface area (Å²) in [4.78, 5) is 26.9. The highest BCUT2D eigenvalue weighted by atomic mass is 19.1. The molecule has 1 saturated heterocycles. The second-order valence-corrected chi connectivity index (χ2v) is 8.39. The van der Waals surface area contributed by atoms with Crippen molar-refractivity contribution in [3.8, 4) is 11.3 Å². The molecule has 5 heterocycles. The van der Waals surface area contributed by atoms with Gasteiger partial charge in [0.1, 0.15) is 11.5 Å². The third-order valence-corrected chi connectivity index (χ3v) is 5.79. The molecule has 1 aliphatic heterocycles. The van der Waals surface area contributed by atoms with E-state index in [1.165, 1.54) is 6.20 Å². The largest absolute Gasteiger partial charge is 0.309 e.